The molecule has 1 N–H and O–H groups in total. The van der Waals surface area contributed by atoms with Gasteiger partial charge in [-0.05, 0) is 45.0 Å². The van der Waals surface area contributed by atoms with Crippen molar-refractivity contribution in [3.05, 3.63) is 59.3 Å². The van der Waals surface area contributed by atoms with Crippen LogP contribution >= 0.6 is 11.3 Å². The Hall–Kier alpha value is -2.93. The Kier molecular flexibility index (Phi) is 4.53. The van der Waals surface area contributed by atoms with Crippen molar-refractivity contribution in [1.82, 2.24) is 19.9 Å². The molecule has 0 aliphatic carbocycles. The predicted octanol–water partition coefficient (Wildman–Crippen LogP) is 4.57. The highest BCUT2D eigenvalue weighted by Gasteiger charge is 2.20. The molecule has 0 fully saturated rings. The van der Waals surface area contributed by atoms with Crippen LogP contribution in [0.1, 0.15) is 41.0 Å². The average Bonchev–Trinajstić information content (AvgIpc) is 3.37. The van der Waals surface area contributed by atoms with Crippen LogP contribution in [0.3, 0.4) is 0 Å². The number of amides is 1. The molecule has 0 radical (unpaired) electrons. The van der Waals surface area contributed by atoms with Crippen molar-refractivity contribution in [2.45, 2.75) is 33.4 Å². The number of pyridine rings is 1. The van der Waals surface area contributed by atoms with E-state index < -0.39 is 0 Å². The van der Waals surface area contributed by atoms with Crippen molar-refractivity contribution >= 4 is 28.3 Å². The van der Waals surface area contributed by atoms with Crippen molar-refractivity contribution in [2.24, 2.45) is 0 Å². The van der Waals surface area contributed by atoms with Gasteiger partial charge in [-0.2, -0.15) is 0 Å². The lowest BCUT2D eigenvalue weighted by Gasteiger charge is -2.07. The van der Waals surface area contributed by atoms with E-state index in [1.807, 2.05) is 25.1 Å². The van der Waals surface area contributed by atoms with Crippen molar-refractivity contribution in [2.75, 3.05) is 0 Å². The number of rotatable bonds is 5. The Morgan fingerprint density at radius 3 is 2.93 bits per heavy atom. The fourth-order valence-corrected chi connectivity index (χ4v) is 4.04. The highest BCUT2D eigenvalue weighted by molar-refractivity contribution is 7.17. The van der Waals surface area contributed by atoms with E-state index in [1.54, 1.807) is 18.5 Å². The number of aryl methyl sites for hydroxylation is 1. The minimum atomic E-state index is -0.140. The van der Waals surface area contributed by atoms with E-state index >= 15 is 0 Å². The fourth-order valence-electron chi connectivity index (χ4n) is 3.03. The summed E-state index contributed by atoms with van der Waals surface area (Å²) in [5, 5.41) is 4.76. The maximum Gasteiger partial charge on any atom is 0.263 e. The number of thiazole rings is 1. The molecule has 0 saturated carbocycles. The lowest BCUT2D eigenvalue weighted by atomic mass is 10.2. The maximum atomic E-state index is 12.6. The number of fused-ring (bicyclic) bond motifs is 1. The summed E-state index contributed by atoms with van der Waals surface area (Å²) in [6, 6.07) is 7.89. The lowest BCUT2D eigenvalue weighted by Crippen LogP contribution is -2.22. The van der Waals surface area contributed by atoms with Crippen LogP contribution < -0.4 is 5.32 Å². The Balaban J connectivity index is 1.67. The van der Waals surface area contributed by atoms with Crippen molar-refractivity contribution in [1.29, 1.82) is 0 Å². The van der Waals surface area contributed by atoms with Crippen LogP contribution in [0.5, 0.6) is 0 Å². The second kappa shape index (κ2) is 7.00. The topological polar surface area (TPSA) is 73.0 Å². The van der Waals surface area contributed by atoms with E-state index in [4.69, 9.17) is 4.42 Å². The maximum absolute atomic E-state index is 12.6. The van der Waals surface area contributed by atoms with E-state index in [-0.39, 0.29) is 11.9 Å². The highest BCUT2D eigenvalue weighted by Crippen LogP contribution is 2.35. The van der Waals surface area contributed by atoms with Crippen molar-refractivity contribution in [3.63, 3.8) is 0 Å². The van der Waals surface area contributed by atoms with Crippen LogP contribution in [0.25, 0.3) is 21.6 Å². The van der Waals surface area contributed by atoms with Gasteiger partial charge in [-0.25, -0.2) is 9.97 Å². The Morgan fingerprint density at radius 2 is 2.19 bits per heavy atom. The summed E-state index contributed by atoms with van der Waals surface area (Å²) in [6.45, 7) is 6.47. The summed E-state index contributed by atoms with van der Waals surface area (Å²) >= 11 is 1.40. The number of hydrogen-bond donors (Lipinski definition) is 1. The van der Waals surface area contributed by atoms with Crippen LogP contribution in [-0.4, -0.2) is 20.4 Å². The van der Waals surface area contributed by atoms with Gasteiger partial charge >= 0.3 is 0 Å². The summed E-state index contributed by atoms with van der Waals surface area (Å²) < 4.78 is 7.40. The molecular formula is C20H20N4O2S. The molecule has 1 amide bonds. The molecule has 0 saturated heterocycles. The molecule has 4 aromatic rings. The van der Waals surface area contributed by atoms with Gasteiger partial charge < -0.3 is 14.3 Å². The third kappa shape index (κ3) is 3.26. The number of hydrogen-bond acceptors (Lipinski definition) is 5. The van der Waals surface area contributed by atoms with Crippen LogP contribution in [0.15, 0.2) is 47.3 Å². The third-order valence-corrected chi connectivity index (χ3v) is 5.57. The second-order valence-electron chi connectivity index (χ2n) is 6.61. The van der Waals surface area contributed by atoms with Gasteiger partial charge in [0, 0.05) is 29.4 Å². The molecule has 4 rings (SSSR count). The first kappa shape index (κ1) is 17.5. The summed E-state index contributed by atoms with van der Waals surface area (Å²) in [6.07, 6.45) is 5.47. The summed E-state index contributed by atoms with van der Waals surface area (Å²) in [5.74, 6) is 0.579. The van der Waals surface area contributed by atoms with E-state index in [0.29, 0.717) is 11.4 Å². The first-order valence-corrected chi connectivity index (χ1v) is 9.60. The van der Waals surface area contributed by atoms with Crippen LogP contribution in [0, 0.1) is 6.92 Å². The lowest BCUT2D eigenvalue weighted by molar-refractivity contribution is 0.0951. The quantitative estimate of drug-likeness (QED) is 0.550. The molecule has 6 nitrogen and oxygen atoms in total. The number of nitrogens with zero attached hydrogens (tertiary/aromatic N) is 3. The van der Waals surface area contributed by atoms with E-state index in [2.05, 4.69) is 39.9 Å². The van der Waals surface area contributed by atoms with E-state index in [9.17, 15) is 4.79 Å². The molecule has 0 aliphatic rings. The SMILES string of the molecule is Cc1nc(-c2cn(C(C)C)c3ncccc23)sc1C(=O)NCc1ccco1. The van der Waals surface area contributed by atoms with Crippen molar-refractivity contribution in [3.8, 4) is 10.6 Å². The minimum Gasteiger partial charge on any atom is -0.467 e. The summed E-state index contributed by atoms with van der Waals surface area (Å²) in [7, 11) is 0. The number of nitrogens with one attached hydrogen (secondary N) is 1. The number of carbonyl (C=O) groups is 1. The zero-order valence-corrected chi connectivity index (χ0v) is 16.2. The monoisotopic (exact) mass is 380 g/mol. The van der Waals surface area contributed by atoms with Gasteiger partial charge in [0.15, 0.2) is 0 Å². The Morgan fingerprint density at radius 1 is 1.33 bits per heavy atom. The second-order valence-corrected chi connectivity index (χ2v) is 7.61. The molecule has 4 aromatic heterocycles. The van der Waals surface area contributed by atoms with Crippen LogP contribution in [0.2, 0.25) is 0 Å². The fraction of sp³-hybridized carbons (Fsp3) is 0.250. The minimum absolute atomic E-state index is 0.140. The van der Waals surface area contributed by atoms with Gasteiger partial charge in [-0.1, -0.05) is 0 Å². The van der Waals surface area contributed by atoms with Gasteiger partial charge in [0.2, 0.25) is 0 Å². The molecule has 7 heteroatoms. The van der Waals surface area contributed by atoms with Gasteiger partial charge in [0.25, 0.3) is 5.91 Å². The van der Waals surface area contributed by atoms with E-state index in [0.717, 1.165) is 33.1 Å². The first-order chi connectivity index (χ1) is 13.0. The smallest absolute Gasteiger partial charge is 0.263 e. The van der Waals surface area contributed by atoms with Gasteiger partial charge in [-0.15, -0.1) is 11.3 Å². The zero-order chi connectivity index (χ0) is 19.0. The normalized spacial score (nSPS) is 11.4. The molecule has 0 unspecified atom stereocenters. The molecule has 138 valence electrons. The van der Waals surface area contributed by atoms with Crippen LogP contribution in [0.4, 0.5) is 0 Å². The third-order valence-electron chi connectivity index (χ3n) is 4.38. The Labute approximate surface area is 160 Å². The predicted molar refractivity (Wildman–Crippen MR) is 106 cm³/mol. The van der Waals surface area contributed by atoms with Gasteiger partial charge in [-0.3, -0.25) is 4.79 Å². The number of aromatic nitrogens is 3. The van der Waals surface area contributed by atoms with Gasteiger partial charge in [0.05, 0.1) is 18.5 Å². The molecule has 0 aromatic carbocycles. The number of furan rings is 1. The summed E-state index contributed by atoms with van der Waals surface area (Å²) in [4.78, 5) is 22.4. The van der Waals surface area contributed by atoms with Crippen LogP contribution in [-0.2, 0) is 6.54 Å². The molecular weight excluding hydrogens is 360 g/mol. The highest BCUT2D eigenvalue weighted by atomic mass is 32.1. The van der Waals surface area contributed by atoms with E-state index in [1.165, 1.54) is 11.3 Å². The largest absolute Gasteiger partial charge is 0.467 e. The zero-order valence-electron chi connectivity index (χ0n) is 15.4. The number of carbonyl (C=O) groups excluding carboxylic acids is 1. The molecule has 0 spiro atoms. The molecule has 0 bridgehead atoms. The molecule has 0 aliphatic heterocycles. The first-order valence-electron chi connectivity index (χ1n) is 8.78. The van der Waals surface area contributed by atoms with Crippen molar-refractivity contribution < 1.29 is 9.21 Å². The average molecular weight is 380 g/mol. The Bertz CT molecular complexity index is 1090. The molecule has 0 atom stereocenters. The molecule has 4 heterocycles. The molecule has 27 heavy (non-hydrogen) atoms. The standard InChI is InChI=1S/C20H20N4O2S/c1-12(2)24-11-16(15-7-4-8-21-18(15)24)20-23-13(3)17(27-20)19(25)22-10-14-6-5-9-26-14/h4-9,11-12H,10H2,1-3H3,(H,22,25). The van der Waals surface area contributed by atoms with Gasteiger partial charge in [0.1, 0.15) is 21.3 Å². The summed E-state index contributed by atoms with van der Waals surface area (Å²) in [5.41, 5.74) is 2.66.